The Morgan fingerprint density at radius 2 is 1.80 bits per heavy atom. The van der Waals surface area contributed by atoms with Gasteiger partial charge in [0.15, 0.2) is 5.78 Å². The number of pyridine rings is 1. The molecule has 20 heavy (non-hydrogen) atoms. The van der Waals surface area contributed by atoms with Crippen LogP contribution in [-0.4, -0.2) is 16.8 Å². The van der Waals surface area contributed by atoms with Crippen LogP contribution in [0.15, 0.2) is 24.5 Å². The third kappa shape index (κ3) is 1.91. The number of hydrogen-bond donors (Lipinski definition) is 1. The minimum atomic E-state index is -0.325. The normalized spacial score (nSPS) is 39.8. The molecule has 1 unspecified atom stereocenters. The van der Waals surface area contributed by atoms with E-state index in [0.717, 1.165) is 11.8 Å². The lowest BCUT2D eigenvalue weighted by atomic mass is 9.50. The summed E-state index contributed by atoms with van der Waals surface area (Å²) >= 11 is 0. The molecule has 4 saturated carbocycles. The summed E-state index contributed by atoms with van der Waals surface area (Å²) in [5, 5.41) is 0. The van der Waals surface area contributed by atoms with Gasteiger partial charge in [0.1, 0.15) is 0 Å². The van der Waals surface area contributed by atoms with Crippen LogP contribution in [0.4, 0.5) is 0 Å². The summed E-state index contributed by atoms with van der Waals surface area (Å²) in [6.07, 6.45) is 10.0. The number of rotatable bonds is 3. The van der Waals surface area contributed by atoms with Crippen LogP contribution in [0.1, 0.15) is 42.5 Å². The summed E-state index contributed by atoms with van der Waals surface area (Å²) in [6.45, 7) is 0. The highest BCUT2D eigenvalue weighted by Gasteiger charge is 2.51. The third-order valence-electron chi connectivity index (χ3n) is 5.96. The van der Waals surface area contributed by atoms with Gasteiger partial charge in [-0.05, 0) is 73.8 Å². The first-order chi connectivity index (χ1) is 9.72. The molecule has 4 aliphatic rings. The second kappa shape index (κ2) is 4.66. The van der Waals surface area contributed by atoms with Crippen molar-refractivity contribution in [1.82, 2.24) is 4.98 Å². The van der Waals surface area contributed by atoms with E-state index in [0.29, 0.717) is 23.3 Å². The van der Waals surface area contributed by atoms with Crippen LogP contribution in [0, 0.1) is 29.6 Å². The van der Waals surface area contributed by atoms with E-state index in [-0.39, 0.29) is 11.8 Å². The molecule has 3 nitrogen and oxygen atoms in total. The van der Waals surface area contributed by atoms with Gasteiger partial charge in [-0.2, -0.15) is 0 Å². The molecule has 5 rings (SSSR count). The maximum absolute atomic E-state index is 12.6. The van der Waals surface area contributed by atoms with E-state index in [4.69, 9.17) is 5.73 Å². The number of carbonyl (C=O) groups is 1. The lowest BCUT2D eigenvalue weighted by molar-refractivity contribution is -0.0429. The zero-order chi connectivity index (χ0) is 13.7. The number of ketones is 1. The average molecular weight is 270 g/mol. The van der Waals surface area contributed by atoms with Crippen LogP contribution in [0.3, 0.4) is 0 Å². The zero-order valence-electron chi connectivity index (χ0n) is 11.7. The van der Waals surface area contributed by atoms with Crippen molar-refractivity contribution in [3.8, 4) is 0 Å². The molecule has 1 aromatic rings. The first kappa shape index (κ1) is 12.5. The van der Waals surface area contributed by atoms with Crippen molar-refractivity contribution in [2.75, 3.05) is 0 Å². The molecule has 0 saturated heterocycles. The fourth-order valence-electron chi connectivity index (χ4n) is 5.43. The lowest BCUT2D eigenvalue weighted by Crippen LogP contribution is -2.54. The Morgan fingerprint density at radius 3 is 2.35 bits per heavy atom. The Labute approximate surface area is 120 Å². The molecule has 4 fully saturated rings. The van der Waals surface area contributed by atoms with Gasteiger partial charge in [-0.3, -0.25) is 9.78 Å². The molecule has 1 atom stereocenters. The molecule has 4 aliphatic carbocycles. The smallest absolute Gasteiger partial charge is 0.181 e. The van der Waals surface area contributed by atoms with Gasteiger partial charge in [0.25, 0.3) is 0 Å². The molecular formula is C17H22N2O. The Hall–Kier alpha value is -1.22. The first-order valence-corrected chi connectivity index (χ1v) is 7.92. The fraction of sp³-hybridized carbons (Fsp3) is 0.647. The van der Waals surface area contributed by atoms with E-state index in [2.05, 4.69) is 4.98 Å². The van der Waals surface area contributed by atoms with Crippen molar-refractivity contribution in [3.63, 3.8) is 0 Å². The summed E-state index contributed by atoms with van der Waals surface area (Å²) in [4.78, 5) is 16.7. The quantitative estimate of drug-likeness (QED) is 0.859. The summed E-state index contributed by atoms with van der Waals surface area (Å²) < 4.78 is 0. The molecular weight excluding hydrogens is 248 g/mol. The van der Waals surface area contributed by atoms with E-state index in [9.17, 15) is 4.79 Å². The number of aromatic nitrogens is 1. The Bertz CT molecular complexity index is 485. The first-order valence-electron chi connectivity index (χ1n) is 7.92. The molecule has 0 radical (unpaired) electrons. The topological polar surface area (TPSA) is 56.0 Å². The highest BCUT2D eigenvalue weighted by Crippen LogP contribution is 2.57. The molecule has 0 aliphatic heterocycles. The van der Waals surface area contributed by atoms with Crippen molar-refractivity contribution < 1.29 is 4.79 Å². The molecule has 0 amide bonds. The molecule has 2 N–H and O–H groups in total. The van der Waals surface area contributed by atoms with Crippen molar-refractivity contribution in [3.05, 3.63) is 30.1 Å². The second-order valence-electron chi connectivity index (χ2n) is 7.14. The predicted molar refractivity (Wildman–Crippen MR) is 77.1 cm³/mol. The third-order valence-corrected chi connectivity index (χ3v) is 5.96. The van der Waals surface area contributed by atoms with E-state index in [1.807, 2.05) is 12.1 Å². The summed E-state index contributed by atoms with van der Waals surface area (Å²) in [7, 11) is 0. The molecule has 3 heteroatoms. The standard InChI is InChI=1S/C17H22N2O/c18-16(17(20)12-2-1-3-19-9-12)15-13-5-10-4-11(7-13)8-14(15)6-10/h1-3,9-11,13-16H,4-8,18H2. The van der Waals surface area contributed by atoms with Crippen LogP contribution in [-0.2, 0) is 0 Å². The highest BCUT2D eigenvalue weighted by molar-refractivity contribution is 5.99. The van der Waals surface area contributed by atoms with Crippen molar-refractivity contribution in [1.29, 1.82) is 0 Å². The zero-order valence-corrected chi connectivity index (χ0v) is 11.7. The Morgan fingerprint density at radius 1 is 1.15 bits per heavy atom. The summed E-state index contributed by atoms with van der Waals surface area (Å²) in [6, 6.07) is 3.33. The van der Waals surface area contributed by atoms with Crippen LogP contribution in [0.25, 0.3) is 0 Å². The van der Waals surface area contributed by atoms with Crippen LogP contribution < -0.4 is 5.73 Å². The molecule has 4 bridgehead atoms. The SMILES string of the molecule is NC(C(=O)c1cccnc1)C1C2CC3CC(C2)CC1C3. The summed E-state index contributed by atoms with van der Waals surface area (Å²) in [5.74, 6) is 3.75. The van der Waals surface area contributed by atoms with Gasteiger partial charge >= 0.3 is 0 Å². The van der Waals surface area contributed by atoms with E-state index in [1.165, 1.54) is 32.1 Å². The van der Waals surface area contributed by atoms with Gasteiger partial charge in [-0.15, -0.1) is 0 Å². The van der Waals surface area contributed by atoms with E-state index in [1.54, 1.807) is 12.4 Å². The van der Waals surface area contributed by atoms with Crippen LogP contribution in [0.5, 0.6) is 0 Å². The van der Waals surface area contributed by atoms with Crippen LogP contribution in [0.2, 0.25) is 0 Å². The lowest BCUT2D eigenvalue weighted by Gasteiger charge is -2.55. The molecule has 106 valence electrons. The van der Waals surface area contributed by atoms with Gasteiger partial charge in [-0.1, -0.05) is 0 Å². The van der Waals surface area contributed by atoms with Crippen molar-refractivity contribution >= 4 is 5.78 Å². The van der Waals surface area contributed by atoms with E-state index < -0.39 is 0 Å². The van der Waals surface area contributed by atoms with Crippen molar-refractivity contribution in [2.24, 2.45) is 35.3 Å². The van der Waals surface area contributed by atoms with Gasteiger partial charge in [0, 0.05) is 18.0 Å². The maximum atomic E-state index is 12.6. The Balaban J connectivity index is 1.57. The monoisotopic (exact) mass is 270 g/mol. The Kier molecular flexibility index (Phi) is 2.92. The predicted octanol–water partition coefficient (Wildman–Crippen LogP) is 2.66. The largest absolute Gasteiger partial charge is 0.321 e. The van der Waals surface area contributed by atoms with E-state index >= 15 is 0 Å². The number of nitrogens with two attached hydrogens (primary N) is 1. The number of nitrogens with zero attached hydrogens (tertiary/aromatic N) is 1. The van der Waals surface area contributed by atoms with Gasteiger partial charge < -0.3 is 5.73 Å². The number of hydrogen-bond acceptors (Lipinski definition) is 3. The highest BCUT2D eigenvalue weighted by atomic mass is 16.1. The maximum Gasteiger partial charge on any atom is 0.181 e. The average Bonchev–Trinajstić information content (AvgIpc) is 2.46. The van der Waals surface area contributed by atoms with Gasteiger partial charge in [0.05, 0.1) is 6.04 Å². The van der Waals surface area contributed by atoms with Gasteiger partial charge in [-0.25, -0.2) is 0 Å². The molecule has 0 spiro atoms. The molecule has 1 aromatic heterocycles. The van der Waals surface area contributed by atoms with Crippen molar-refractivity contribution in [2.45, 2.75) is 38.1 Å². The number of carbonyl (C=O) groups excluding carboxylic acids is 1. The van der Waals surface area contributed by atoms with Crippen LogP contribution >= 0.6 is 0 Å². The minimum Gasteiger partial charge on any atom is -0.321 e. The van der Waals surface area contributed by atoms with Gasteiger partial charge in [0.2, 0.25) is 0 Å². The summed E-state index contributed by atoms with van der Waals surface area (Å²) in [5.41, 5.74) is 7.07. The molecule has 1 heterocycles. The fourth-order valence-corrected chi connectivity index (χ4v) is 5.43. The molecule has 0 aromatic carbocycles. The second-order valence-corrected chi connectivity index (χ2v) is 7.14. The minimum absolute atomic E-state index is 0.0931. The number of Topliss-reactive ketones (excluding diaryl/α,β-unsaturated/α-hetero) is 1.